The topological polar surface area (TPSA) is 63.4 Å². The maximum absolute atomic E-state index is 13.4. The van der Waals surface area contributed by atoms with E-state index in [1.54, 1.807) is 0 Å². The predicted molar refractivity (Wildman–Crippen MR) is 65.6 cm³/mol. The summed E-state index contributed by atoms with van der Waals surface area (Å²) in [6.07, 6.45) is 1.45. The van der Waals surface area contributed by atoms with Crippen LogP contribution in [0.1, 0.15) is 5.56 Å². The molecule has 0 aliphatic heterocycles. The summed E-state index contributed by atoms with van der Waals surface area (Å²) in [5.41, 5.74) is 5.60. The third kappa shape index (κ3) is 2.65. The van der Waals surface area contributed by atoms with E-state index in [0.29, 0.717) is 0 Å². The van der Waals surface area contributed by atoms with Crippen molar-refractivity contribution < 1.29 is 12.8 Å². The fourth-order valence-electron chi connectivity index (χ4n) is 1.39. The number of nitrogen functional groups attached to an aromatic ring is 1. The normalized spacial score (nSPS) is 11.8. The molecule has 0 atom stereocenters. The highest BCUT2D eigenvalue weighted by Gasteiger charge is 2.23. The first kappa shape index (κ1) is 13.7. The molecule has 2 N–H and O–H groups in total. The van der Waals surface area contributed by atoms with Crippen LogP contribution in [0.25, 0.3) is 0 Å². The lowest BCUT2D eigenvalue weighted by atomic mass is 10.2. The number of anilines is 1. The van der Waals surface area contributed by atoms with Gasteiger partial charge in [-0.05, 0) is 19.1 Å². The summed E-state index contributed by atoms with van der Waals surface area (Å²) in [6, 6.07) is 2.36. The molecule has 0 radical (unpaired) electrons. The van der Waals surface area contributed by atoms with Crippen LogP contribution in [-0.2, 0) is 10.0 Å². The summed E-state index contributed by atoms with van der Waals surface area (Å²) in [6.45, 7) is 5.02. The van der Waals surface area contributed by atoms with E-state index in [1.165, 1.54) is 26.1 Å². The summed E-state index contributed by atoms with van der Waals surface area (Å²) >= 11 is 0. The third-order valence-electron chi connectivity index (χ3n) is 2.39. The van der Waals surface area contributed by atoms with Crippen molar-refractivity contribution in [3.05, 3.63) is 36.2 Å². The number of hydrogen-bond donors (Lipinski definition) is 1. The molecule has 0 amide bonds. The summed E-state index contributed by atoms with van der Waals surface area (Å²) < 4.78 is 38.7. The van der Waals surface area contributed by atoms with Gasteiger partial charge in [-0.15, -0.1) is 6.58 Å². The highest BCUT2D eigenvalue weighted by molar-refractivity contribution is 7.89. The van der Waals surface area contributed by atoms with Crippen LogP contribution in [0.2, 0.25) is 0 Å². The van der Waals surface area contributed by atoms with E-state index in [1.807, 2.05) is 0 Å². The molecule has 0 saturated carbocycles. The van der Waals surface area contributed by atoms with Gasteiger partial charge in [0.1, 0.15) is 5.82 Å². The molecule has 0 saturated heterocycles. The Hall–Kier alpha value is -1.40. The van der Waals surface area contributed by atoms with E-state index in [9.17, 15) is 12.8 Å². The molecule has 0 aliphatic carbocycles. The number of rotatable bonds is 4. The van der Waals surface area contributed by atoms with Gasteiger partial charge >= 0.3 is 0 Å². The molecule has 94 valence electrons. The van der Waals surface area contributed by atoms with Gasteiger partial charge in [-0.3, -0.25) is 0 Å². The van der Waals surface area contributed by atoms with Crippen LogP contribution in [0.5, 0.6) is 0 Å². The fraction of sp³-hybridized carbons (Fsp3) is 0.273. The van der Waals surface area contributed by atoms with Gasteiger partial charge in [-0.2, -0.15) is 4.31 Å². The van der Waals surface area contributed by atoms with Gasteiger partial charge in [-0.1, -0.05) is 6.08 Å². The lowest BCUT2D eigenvalue weighted by Gasteiger charge is -2.17. The molecule has 0 aromatic heterocycles. The molecule has 0 fully saturated rings. The van der Waals surface area contributed by atoms with Crippen LogP contribution < -0.4 is 5.73 Å². The van der Waals surface area contributed by atoms with E-state index in [-0.39, 0.29) is 22.7 Å². The SMILES string of the molecule is C=CCN(C)S(=O)(=O)c1cc(N)cc(F)c1C. The smallest absolute Gasteiger partial charge is 0.243 e. The molecule has 1 aromatic carbocycles. The molecule has 6 heteroatoms. The molecular weight excluding hydrogens is 243 g/mol. The second kappa shape index (κ2) is 4.85. The van der Waals surface area contributed by atoms with Crippen molar-refractivity contribution in [2.45, 2.75) is 11.8 Å². The number of nitrogens with two attached hydrogens (primary N) is 1. The number of sulfonamides is 1. The average Bonchev–Trinajstić information content (AvgIpc) is 2.23. The van der Waals surface area contributed by atoms with Crippen LogP contribution in [0.3, 0.4) is 0 Å². The van der Waals surface area contributed by atoms with Crippen LogP contribution in [0.4, 0.5) is 10.1 Å². The van der Waals surface area contributed by atoms with Gasteiger partial charge in [0.05, 0.1) is 4.90 Å². The molecule has 4 nitrogen and oxygen atoms in total. The quantitative estimate of drug-likeness (QED) is 0.658. The number of halogens is 1. The van der Waals surface area contributed by atoms with E-state index in [2.05, 4.69) is 6.58 Å². The van der Waals surface area contributed by atoms with Crippen LogP contribution >= 0.6 is 0 Å². The number of hydrogen-bond acceptors (Lipinski definition) is 3. The number of likely N-dealkylation sites (N-methyl/N-ethyl adjacent to an activating group) is 1. The van der Waals surface area contributed by atoms with E-state index in [0.717, 1.165) is 10.4 Å². The zero-order valence-electron chi connectivity index (χ0n) is 9.77. The summed E-state index contributed by atoms with van der Waals surface area (Å²) in [4.78, 5) is -0.112. The van der Waals surface area contributed by atoms with Gasteiger partial charge in [0.2, 0.25) is 10.0 Å². The van der Waals surface area contributed by atoms with Crippen LogP contribution in [0.15, 0.2) is 29.7 Å². The summed E-state index contributed by atoms with van der Waals surface area (Å²) in [7, 11) is -2.33. The molecule has 0 spiro atoms. The number of nitrogens with zero attached hydrogens (tertiary/aromatic N) is 1. The minimum Gasteiger partial charge on any atom is -0.399 e. The van der Waals surface area contributed by atoms with Crippen molar-refractivity contribution in [3.8, 4) is 0 Å². The molecule has 0 aliphatic rings. The maximum atomic E-state index is 13.4. The van der Waals surface area contributed by atoms with Gasteiger partial charge in [0, 0.05) is 24.8 Å². The Labute approximate surface area is 101 Å². The molecule has 0 bridgehead atoms. The van der Waals surface area contributed by atoms with Crippen molar-refractivity contribution in [2.24, 2.45) is 0 Å². The zero-order chi connectivity index (χ0) is 13.2. The predicted octanol–water partition coefficient (Wildman–Crippen LogP) is 1.52. The maximum Gasteiger partial charge on any atom is 0.243 e. The Morgan fingerprint density at radius 1 is 1.53 bits per heavy atom. The Balaban J connectivity index is 3.38. The molecule has 1 aromatic rings. The summed E-state index contributed by atoms with van der Waals surface area (Å²) in [5, 5.41) is 0. The van der Waals surface area contributed by atoms with Gasteiger partial charge in [0.25, 0.3) is 0 Å². The van der Waals surface area contributed by atoms with Crippen molar-refractivity contribution >= 4 is 15.7 Å². The molecule has 0 unspecified atom stereocenters. The van der Waals surface area contributed by atoms with E-state index >= 15 is 0 Å². The van der Waals surface area contributed by atoms with Crippen molar-refractivity contribution in [2.75, 3.05) is 19.3 Å². The van der Waals surface area contributed by atoms with Crippen molar-refractivity contribution in [1.29, 1.82) is 0 Å². The molecule has 1 rings (SSSR count). The zero-order valence-corrected chi connectivity index (χ0v) is 10.6. The van der Waals surface area contributed by atoms with Crippen molar-refractivity contribution in [1.82, 2.24) is 4.31 Å². The lowest BCUT2D eigenvalue weighted by Crippen LogP contribution is -2.27. The molecule has 17 heavy (non-hydrogen) atoms. The van der Waals surface area contributed by atoms with E-state index in [4.69, 9.17) is 5.73 Å². The first-order valence-electron chi connectivity index (χ1n) is 4.93. The fourth-order valence-corrected chi connectivity index (χ4v) is 2.80. The highest BCUT2D eigenvalue weighted by Crippen LogP contribution is 2.24. The van der Waals surface area contributed by atoms with Crippen LogP contribution in [0, 0.1) is 12.7 Å². The second-order valence-corrected chi connectivity index (χ2v) is 5.71. The Kier molecular flexibility index (Phi) is 3.90. The van der Waals surface area contributed by atoms with E-state index < -0.39 is 15.8 Å². The van der Waals surface area contributed by atoms with Crippen LogP contribution in [-0.4, -0.2) is 26.3 Å². The Bertz CT molecular complexity index is 541. The first-order chi connectivity index (χ1) is 7.80. The standard InChI is InChI=1S/C11H15FN2O2S/c1-4-5-14(3)17(15,16)11-7-9(13)6-10(12)8(11)2/h4,6-7H,1,5,13H2,2-3H3. The van der Waals surface area contributed by atoms with Crippen molar-refractivity contribution in [3.63, 3.8) is 0 Å². The lowest BCUT2D eigenvalue weighted by molar-refractivity contribution is 0.497. The Morgan fingerprint density at radius 2 is 2.12 bits per heavy atom. The molecule has 0 heterocycles. The number of benzene rings is 1. The first-order valence-corrected chi connectivity index (χ1v) is 6.37. The minimum absolute atomic E-state index is 0.0649. The minimum atomic E-state index is -3.73. The third-order valence-corrected chi connectivity index (χ3v) is 4.34. The average molecular weight is 258 g/mol. The van der Waals surface area contributed by atoms with Gasteiger partial charge in [0.15, 0.2) is 0 Å². The largest absolute Gasteiger partial charge is 0.399 e. The second-order valence-electron chi connectivity index (χ2n) is 3.70. The monoisotopic (exact) mass is 258 g/mol. The highest BCUT2D eigenvalue weighted by atomic mass is 32.2. The Morgan fingerprint density at radius 3 is 2.65 bits per heavy atom. The summed E-state index contributed by atoms with van der Waals surface area (Å²) in [5.74, 6) is -0.629. The molecular formula is C11H15FN2O2S. The van der Waals surface area contributed by atoms with Gasteiger partial charge < -0.3 is 5.73 Å². The van der Waals surface area contributed by atoms with Gasteiger partial charge in [-0.25, -0.2) is 12.8 Å².